The minimum absolute atomic E-state index is 0.0162. The molecule has 1 fully saturated rings. The molecule has 2 aromatic rings. The number of hydrogen-bond acceptors (Lipinski definition) is 4. The van der Waals surface area contributed by atoms with E-state index in [-0.39, 0.29) is 36.9 Å². The average molecular weight is 462 g/mol. The normalized spacial score (nSPS) is 17.0. The zero-order chi connectivity index (χ0) is 22.1. The summed E-state index contributed by atoms with van der Waals surface area (Å²) in [5.41, 5.74) is -0.0488. The highest BCUT2D eigenvalue weighted by Crippen LogP contribution is 2.23. The molecule has 1 aliphatic rings. The summed E-state index contributed by atoms with van der Waals surface area (Å²) in [6.45, 7) is 2.05. The van der Waals surface area contributed by atoms with E-state index in [0.29, 0.717) is 6.07 Å². The second-order valence-electron chi connectivity index (χ2n) is 6.80. The number of halogens is 4. The van der Waals surface area contributed by atoms with Crippen LogP contribution in [0.4, 0.5) is 18.9 Å². The SMILES string of the molecule is CC(C(=O)Nc1cc(Cl)ccc1F)N1CCN(S(=O)(=O)c2ccc(F)cc2F)CC1. The lowest BCUT2D eigenvalue weighted by Gasteiger charge is -2.36. The number of anilines is 1. The van der Waals surface area contributed by atoms with Crippen LogP contribution in [0, 0.1) is 17.5 Å². The lowest BCUT2D eigenvalue weighted by molar-refractivity contribution is -0.121. The van der Waals surface area contributed by atoms with Gasteiger partial charge in [-0.2, -0.15) is 4.31 Å². The largest absolute Gasteiger partial charge is 0.322 e. The van der Waals surface area contributed by atoms with Crippen LogP contribution < -0.4 is 5.32 Å². The van der Waals surface area contributed by atoms with Crippen LogP contribution in [0.3, 0.4) is 0 Å². The van der Waals surface area contributed by atoms with Crippen LogP contribution in [0.15, 0.2) is 41.3 Å². The lowest BCUT2D eigenvalue weighted by Crippen LogP contribution is -2.54. The molecule has 0 spiro atoms. The van der Waals surface area contributed by atoms with Gasteiger partial charge in [-0.3, -0.25) is 9.69 Å². The maximum Gasteiger partial charge on any atom is 0.246 e. The molecule has 11 heteroatoms. The van der Waals surface area contributed by atoms with Crippen molar-refractivity contribution in [2.24, 2.45) is 0 Å². The number of carbonyl (C=O) groups is 1. The van der Waals surface area contributed by atoms with Crippen molar-refractivity contribution in [1.29, 1.82) is 0 Å². The first kappa shape index (κ1) is 22.5. The molecule has 1 heterocycles. The van der Waals surface area contributed by atoms with E-state index in [1.54, 1.807) is 11.8 Å². The Bertz CT molecular complexity index is 1060. The molecule has 0 bridgehead atoms. The summed E-state index contributed by atoms with van der Waals surface area (Å²) in [7, 11) is -4.14. The Kier molecular flexibility index (Phi) is 6.71. The molecule has 0 radical (unpaired) electrons. The summed E-state index contributed by atoms with van der Waals surface area (Å²) in [4.78, 5) is 13.6. The van der Waals surface area contributed by atoms with Crippen LogP contribution in [0.25, 0.3) is 0 Å². The molecule has 1 N–H and O–H groups in total. The summed E-state index contributed by atoms with van der Waals surface area (Å²) in [5, 5.41) is 2.74. The van der Waals surface area contributed by atoms with Crippen LogP contribution in [0.2, 0.25) is 5.02 Å². The summed E-state index contributed by atoms with van der Waals surface area (Å²) in [6.07, 6.45) is 0. The Labute approximate surface area is 177 Å². The smallest absolute Gasteiger partial charge is 0.246 e. The molecule has 0 aliphatic carbocycles. The number of carbonyl (C=O) groups excluding carboxylic acids is 1. The predicted octanol–water partition coefficient (Wildman–Crippen LogP) is 3.09. The third-order valence-corrected chi connectivity index (χ3v) is 7.07. The van der Waals surface area contributed by atoms with Gasteiger partial charge in [0.1, 0.15) is 22.3 Å². The maximum absolute atomic E-state index is 13.9. The molecule has 2 aromatic carbocycles. The minimum Gasteiger partial charge on any atom is -0.322 e. The molecule has 1 saturated heterocycles. The Morgan fingerprint density at radius 3 is 2.33 bits per heavy atom. The van der Waals surface area contributed by atoms with E-state index in [2.05, 4.69) is 5.32 Å². The minimum atomic E-state index is -4.14. The van der Waals surface area contributed by atoms with Gasteiger partial charge in [-0.25, -0.2) is 21.6 Å². The molecule has 1 amide bonds. The molecule has 1 unspecified atom stereocenters. The van der Waals surface area contributed by atoms with Gasteiger partial charge in [0, 0.05) is 37.3 Å². The standard InChI is InChI=1S/C19H19ClF3N3O3S/c1-12(19(27)24-17-10-13(20)2-4-15(17)22)25-6-8-26(9-7-25)30(28,29)18-5-3-14(21)11-16(18)23/h2-5,10-12H,6-9H2,1H3,(H,24,27). The zero-order valence-corrected chi connectivity index (χ0v) is 17.5. The van der Waals surface area contributed by atoms with E-state index in [1.165, 1.54) is 12.1 Å². The highest BCUT2D eigenvalue weighted by molar-refractivity contribution is 7.89. The number of piperazine rings is 1. The highest BCUT2D eigenvalue weighted by Gasteiger charge is 2.33. The quantitative estimate of drug-likeness (QED) is 0.743. The fraction of sp³-hybridized carbons (Fsp3) is 0.316. The van der Waals surface area contributed by atoms with Crippen molar-refractivity contribution >= 4 is 33.2 Å². The van der Waals surface area contributed by atoms with Crippen LogP contribution in [-0.4, -0.2) is 55.8 Å². The van der Waals surface area contributed by atoms with E-state index >= 15 is 0 Å². The van der Waals surface area contributed by atoms with Crippen LogP contribution in [0.5, 0.6) is 0 Å². The monoisotopic (exact) mass is 461 g/mol. The Morgan fingerprint density at radius 2 is 1.70 bits per heavy atom. The van der Waals surface area contributed by atoms with Gasteiger partial charge >= 0.3 is 0 Å². The number of nitrogens with one attached hydrogen (secondary N) is 1. The highest BCUT2D eigenvalue weighted by atomic mass is 35.5. The van der Waals surface area contributed by atoms with E-state index in [9.17, 15) is 26.4 Å². The van der Waals surface area contributed by atoms with Crippen molar-refractivity contribution in [1.82, 2.24) is 9.21 Å². The van der Waals surface area contributed by atoms with E-state index in [4.69, 9.17) is 11.6 Å². The van der Waals surface area contributed by atoms with Gasteiger partial charge in [-0.1, -0.05) is 11.6 Å². The Hall–Kier alpha value is -2.14. The molecule has 0 saturated carbocycles. The zero-order valence-electron chi connectivity index (χ0n) is 15.9. The molecule has 6 nitrogen and oxygen atoms in total. The van der Waals surface area contributed by atoms with Crippen molar-refractivity contribution in [3.8, 4) is 0 Å². The second-order valence-corrected chi connectivity index (χ2v) is 9.15. The molecule has 30 heavy (non-hydrogen) atoms. The average Bonchev–Trinajstić information content (AvgIpc) is 2.70. The predicted molar refractivity (Wildman–Crippen MR) is 106 cm³/mol. The number of amides is 1. The second kappa shape index (κ2) is 8.93. The van der Waals surface area contributed by atoms with Gasteiger partial charge < -0.3 is 5.32 Å². The molecule has 1 aliphatic heterocycles. The third kappa shape index (κ3) is 4.77. The van der Waals surface area contributed by atoms with Gasteiger partial charge in [-0.15, -0.1) is 0 Å². The summed E-state index contributed by atoms with van der Waals surface area (Å²) >= 11 is 5.82. The fourth-order valence-electron chi connectivity index (χ4n) is 3.15. The molecular weight excluding hydrogens is 443 g/mol. The summed E-state index contributed by atoms with van der Waals surface area (Å²) < 4.78 is 67.2. The van der Waals surface area contributed by atoms with Crippen molar-refractivity contribution in [2.75, 3.05) is 31.5 Å². The maximum atomic E-state index is 13.9. The summed E-state index contributed by atoms with van der Waals surface area (Å²) in [6, 6.07) is 5.42. The lowest BCUT2D eigenvalue weighted by atomic mass is 10.2. The van der Waals surface area contributed by atoms with E-state index in [0.717, 1.165) is 22.5 Å². The van der Waals surface area contributed by atoms with Gasteiger partial charge in [0.25, 0.3) is 0 Å². The van der Waals surface area contributed by atoms with Crippen molar-refractivity contribution in [3.05, 3.63) is 58.9 Å². The molecule has 1 atom stereocenters. The molecule has 0 aromatic heterocycles. The van der Waals surface area contributed by atoms with Gasteiger partial charge in [-0.05, 0) is 37.3 Å². The van der Waals surface area contributed by atoms with Gasteiger partial charge in [0.15, 0.2) is 0 Å². The molecular formula is C19H19ClF3N3O3S. The van der Waals surface area contributed by atoms with Crippen molar-refractivity contribution in [2.45, 2.75) is 17.9 Å². The fourth-order valence-corrected chi connectivity index (χ4v) is 4.79. The first-order chi connectivity index (χ1) is 14.1. The Balaban J connectivity index is 1.64. The first-order valence-corrected chi connectivity index (χ1v) is 10.9. The number of rotatable bonds is 5. The van der Waals surface area contributed by atoms with Crippen molar-refractivity contribution < 1.29 is 26.4 Å². The van der Waals surface area contributed by atoms with Crippen LogP contribution >= 0.6 is 11.6 Å². The Morgan fingerprint density at radius 1 is 1.03 bits per heavy atom. The summed E-state index contributed by atoms with van der Waals surface area (Å²) in [5.74, 6) is -3.13. The van der Waals surface area contributed by atoms with Crippen LogP contribution in [0.1, 0.15) is 6.92 Å². The topological polar surface area (TPSA) is 69.7 Å². The van der Waals surface area contributed by atoms with Crippen LogP contribution in [-0.2, 0) is 14.8 Å². The van der Waals surface area contributed by atoms with Crippen molar-refractivity contribution in [3.63, 3.8) is 0 Å². The number of nitrogens with zero attached hydrogens (tertiary/aromatic N) is 2. The van der Waals surface area contributed by atoms with Gasteiger partial charge in [0.05, 0.1) is 11.7 Å². The molecule has 162 valence electrons. The van der Waals surface area contributed by atoms with E-state index < -0.39 is 44.3 Å². The first-order valence-electron chi connectivity index (χ1n) is 9.05. The number of benzene rings is 2. The van der Waals surface area contributed by atoms with Gasteiger partial charge in [0.2, 0.25) is 15.9 Å². The molecule has 3 rings (SSSR count). The number of hydrogen-bond donors (Lipinski definition) is 1. The number of sulfonamides is 1. The van der Waals surface area contributed by atoms with E-state index in [1.807, 2.05) is 0 Å². The third-order valence-electron chi connectivity index (χ3n) is 4.90.